The van der Waals surface area contributed by atoms with Crippen LogP contribution >= 0.6 is 0 Å². The van der Waals surface area contributed by atoms with Crippen LogP contribution in [-0.4, -0.2) is 4.40 Å². The molecular formula is C29H23N2+. The summed E-state index contributed by atoms with van der Waals surface area (Å²) in [6.45, 7) is 6.78. The molecule has 3 heterocycles. The molecule has 0 spiro atoms. The van der Waals surface area contributed by atoms with Gasteiger partial charge in [-0.1, -0.05) is 54.1 Å². The first-order chi connectivity index (χ1) is 15.1. The number of nitrogens with zero attached hydrogens (tertiary/aromatic N) is 2. The van der Waals surface area contributed by atoms with E-state index in [0.717, 1.165) is 0 Å². The third kappa shape index (κ3) is 1.91. The van der Waals surface area contributed by atoms with Crippen LogP contribution in [0.1, 0.15) is 16.7 Å². The normalized spacial score (nSPS) is 12.5. The van der Waals surface area contributed by atoms with E-state index in [1.54, 1.807) is 0 Å². The van der Waals surface area contributed by atoms with Crippen molar-refractivity contribution in [3.05, 3.63) is 83.6 Å². The topological polar surface area (TPSA) is 8.29 Å². The SMILES string of the molecule is Cc1ccc2c(C)c3c(c(C)c2c1)n1c2ccccc2c2ccc4cc[n+](C)c3c4c21. The Morgan fingerprint density at radius 3 is 2.35 bits per heavy atom. The highest BCUT2D eigenvalue weighted by Crippen LogP contribution is 2.43. The second kappa shape index (κ2) is 5.53. The minimum Gasteiger partial charge on any atom is -0.307 e. The molecule has 0 atom stereocenters. The van der Waals surface area contributed by atoms with E-state index < -0.39 is 0 Å². The fraction of sp³-hybridized carbons (Fsp3) is 0.138. The average Bonchev–Trinajstić information content (AvgIpc) is 3.12. The number of rotatable bonds is 0. The monoisotopic (exact) mass is 399 g/mol. The van der Waals surface area contributed by atoms with E-state index in [4.69, 9.17) is 0 Å². The molecule has 3 aromatic heterocycles. The van der Waals surface area contributed by atoms with Crippen LogP contribution in [0.4, 0.5) is 0 Å². The van der Waals surface area contributed by atoms with Crippen LogP contribution in [0.3, 0.4) is 0 Å². The predicted octanol–water partition coefficient (Wildman–Crippen LogP) is 6.89. The highest BCUT2D eigenvalue weighted by Gasteiger charge is 2.25. The van der Waals surface area contributed by atoms with Gasteiger partial charge in [-0.2, -0.15) is 0 Å². The van der Waals surface area contributed by atoms with Gasteiger partial charge in [0.05, 0.1) is 27.3 Å². The van der Waals surface area contributed by atoms with E-state index in [0.29, 0.717) is 0 Å². The minimum absolute atomic E-state index is 1.29. The first kappa shape index (κ1) is 17.1. The van der Waals surface area contributed by atoms with Crippen LogP contribution in [0.25, 0.3) is 59.8 Å². The second-order valence-corrected chi connectivity index (χ2v) is 9.08. The molecule has 0 bridgehead atoms. The van der Waals surface area contributed by atoms with Crippen molar-refractivity contribution in [2.45, 2.75) is 20.8 Å². The molecule has 0 amide bonds. The molecule has 7 rings (SSSR count). The van der Waals surface area contributed by atoms with E-state index in [2.05, 4.69) is 104 Å². The maximum Gasteiger partial charge on any atom is 0.224 e. The summed E-state index contributed by atoms with van der Waals surface area (Å²) in [5, 5.41) is 9.40. The largest absolute Gasteiger partial charge is 0.307 e. The maximum atomic E-state index is 2.54. The molecule has 0 aliphatic carbocycles. The number of fused-ring (bicyclic) bond motifs is 7. The molecule has 0 aliphatic rings. The van der Waals surface area contributed by atoms with Gasteiger partial charge < -0.3 is 4.40 Å². The lowest BCUT2D eigenvalue weighted by Crippen LogP contribution is -2.29. The molecule has 0 aliphatic heterocycles. The summed E-state index contributed by atoms with van der Waals surface area (Å²) in [5.41, 5.74) is 9.32. The zero-order valence-corrected chi connectivity index (χ0v) is 18.2. The summed E-state index contributed by atoms with van der Waals surface area (Å²) in [6, 6.07) is 22.6. The van der Waals surface area contributed by atoms with Crippen LogP contribution < -0.4 is 4.57 Å². The molecule has 2 nitrogen and oxygen atoms in total. The van der Waals surface area contributed by atoms with Gasteiger partial charge in [0.25, 0.3) is 0 Å². The van der Waals surface area contributed by atoms with Gasteiger partial charge >= 0.3 is 0 Å². The van der Waals surface area contributed by atoms with Crippen molar-refractivity contribution in [1.29, 1.82) is 0 Å². The highest BCUT2D eigenvalue weighted by atomic mass is 15.0. The van der Waals surface area contributed by atoms with E-state index in [-0.39, 0.29) is 0 Å². The van der Waals surface area contributed by atoms with Crippen molar-refractivity contribution in [2.24, 2.45) is 7.05 Å². The van der Waals surface area contributed by atoms with Crippen molar-refractivity contribution in [1.82, 2.24) is 4.40 Å². The van der Waals surface area contributed by atoms with Crippen molar-refractivity contribution in [2.75, 3.05) is 0 Å². The van der Waals surface area contributed by atoms with Crippen LogP contribution in [0.5, 0.6) is 0 Å². The Morgan fingerprint density at radius 2 is 1.48 bits per heavy atom. The average molecular weight is 400 g/mol. The van der Waals surface area contributed by atoms with Crippen LogP contribution in [0, 0.1) is 20.8 Å². The van der Waals surface area contributed by atoms with Gasteiger partial charge in [0.1, 0.15) is 7.05 Å². The predicted molar refractivity (Wildman–Crippen MR) is 132 cm³/mol. The summed E-state index contributed by atoms with van der Waals surface area (Å²) in [7, 11) is 2.18. The molecule has 2 heteroatoms. The third-order valence-corrected chi connectivity index (χ3v) is 7.35. The Labute approximate surface area is 180 Å². The van der Waals surface area contributed by atoms with Crippen molar-refractivity contribution in [3.8, 4) is 0 Å². The fourth-order valence-electron chi connectivity index (χ4n) is 5.93. The van der Waals surface area contributed by atoms with Gasteiger partial charge in [0, 0.05) is 16.8 Å². The van der Waals surface area contributed by atoms with Gasteiger partial charge in [-0.25, -0.2) is 4.57 Å². The Balaban J connectivity index is 2.00. The Bertz CT molecular complexity index is 1870. The summed E-state index contributed by atoms with van der Waals surface area (Å²) in [6.07, 6.45) is 2.21. The van der Waals surface area contributed by atoms with Crippen molar-refractivity contribution in [3.63, 3.8) is 0 Å². The standard InChI is InChI=1S/C29H23N2/c1-16-9-11-20-17(2)25-27(18(3)23(20)15-16)31-24-8-6-5-7-21(24)22-12-10-19-13-14-30(4)29(25)26(19)28(22)31/h5-15H,1-4H3/q+1. The maximum absolute atomic E-state index is 2.54. The van der Waals surface area contributed by atoms with Gasteiger partial charge in [0.2, 0.25) is 5.52 Å². The van der Waals surface area contributed by atoms with Gasteiger partial charge in [0.15, 0.2) is 6.20 Å². The lowest BCUT2D eigenvalue weighted by atomic mass is 9.92. The lowest BCUT2D eigenvalue weighted by molar-refractivity contribution is -0.643. The number of aromatic nitrogens is 2. The summed E-state index contributed by atoms with van der Waals surface area (Å²) < 4.78 is 4.85. The zero-order valence-electron chi connectivity index (χ0n) is 18.2. The summed E-state index contributed by atoms with van der Waals surface area (Å²) >= 11 is 0. The molecule has 0 fully saturated rings. The lowest BCUT2D eigenvalue weighted by Gasteiger charge is -2.17. The Kier molecular flexibility index (Phi) is 3.04. The van der Waals surface area contributed by atoms with Gasteiger partial charge in [-0.15, -0.1) is 0 Å². The Hall–Kier alpha value is -3.65. The first-order valence-corrected chi connectivity index (χ1v) is 10.9. The molecule has 4 aromatic carbocycles. The number of pyridine rings is 2. The van der Waals surface area contributed by atoms with Crippen LogP contribution in [0.2, 0.25) is 0 Å². The molecular weight excluding hydrogens is 376 g/mol. The minimum atomic E-state index is 1.29. The molecule has 0 radical (unpaired) electrons. The number of benzene rings is 4. The summed E-state index contributed by atoms with van der Waals surface area (Å²) in [4.78, 5) is 0. The molecule has 0 saturated carbocycles. The third-order valence-electron chi connectivity index (χ3n) is 7.35. The van der Waals surface area contributed by atoms with Gasteiger partial charge in [-0.3, -0.25) is 0 Å². The quantitative estimate of drug-likeness (QED) is 0.149. The zero-order chi connectivity index (χ0) is 21.0. The van der Waals surface area contributed by atoms with Crippen LogP contribution in [0.15, 0.2) is 66.9 Å². The fourth-order valence-corrected chi connectivity index (χ4v) is 5.93. The molecule has 31 heavy (non-hydrogen) atoms. The van der Waals surface area contributed by atoms with Crippen LogP contribution in [-0.2, 0) is 7.05 Å². The first-order valence-electron chi connectivity index (χ1n) is 10.9. The molecule has 7 aromatic rings. The van der Waals surface area contributed by atoms with Crippen molar-refractivity contribution >= 4 is 59.8 Å². The second-order valence-electron chi connectivity index (χ2n) is 9.08. The Morgan fingerprint density at radius 1 is 0.677 bits per heavy atom. The molecule has 148 valence electrons. The number of hydrogen-bond acceptors (Lipinski definition) is 0. The molecule has 0 N–H and O–H groups in total. The molecule has 0 saturated heterocycles. The van der Waals surface area contributed by atoms with E-state index in [1.807, 2.05) is 0 Å². The summed E-state index contributed by atoms with van der Waals surface area (Å²) in [5.74, 6) is 0. The van der Waals surface area contributed by atoms with Gasteiger partial charge in [-0.05, 0) is 54.1 Å². The highest BCUT2D eigenvalue weighted by molar-refractivity contribution is 6.28. The van der Waals surface area contributed by atoms with E-state index in [1.165, 1.54) is 76.5 Å². The number of para-hydroxylation sites is 1. The number of hydrogen-bond donors (Lipinski definition) is 0. The molecule has 0 unspecified atom stereocenters. The van der Waals surface area contributed by atoms with E-state index >= 15 is 0 Å². The number of aryl methyl sites for hydroxylation is 4. The van der Waals surface area contributed by atoms with Crippen molar-refractivity contribution < 1.29 is 4.57 Å². The smallest absolute Gasteiger partial charge is 0.224 e. The van der Waals surface area contributed by atoms with E-state index in [9.17, 15) is 0 Å².